The summed E-state index contributed by atoms with van der Waals surface area (Å²) < 4.78 is 59.9. The van der Waals surface area contributed by atoms with Gasteiger partial charge in [-0.05, 0) is 24.7 Å². The second-order valence-corrected chi connectivity index (χ2v) is 7.10. The summed E-state index contributed by atoms with van der Waals surface area (Å²) in [5.74, 6) is -2.06. The number of rotatable bonds is 7. The number of carbonyl (C=O) groups excluding carboxylic acids is 1. The lowest BCUT2D eigenvalue weighted by atomic mass is 10.1. The summed E-state index contributed by atoms with van der Waals surface area (Å²) in [6, 6.07) is 4.90. The molecule has 1 rings (SSSR count). The lowest BCUT2D eigenvalue weighted by molar-refractivity contribution is -0.129. The molecule has 0 heterocycles. The summed E-state index contributed by atoms with van der Waals surface area (Å²) in [5.41, 5.74) is 0.539. The van der Waals surface area contributed by atoms with Crippen molar-refractivity contribution in [2.45, 2.75) is 17.5 Å². The summed E-state index contributed by atoms with van der Waals surface area (Å²) >= 11 is 0. The Balaban J connectivity index is 0.00000529. The fourth-order valence-electron chi connectivity index (χ4n) is 1.83. The van der Waals surface area contributed by atoms with Crippen molar-refractivity contribution in [2.75, 3.05) is 32.9 Å². The van der Waals surface area contributed by atoms with Crippen LogP contribution in [0.25, 0.3) is 0 Å². The molecular weight excluding hydrogens is 369 g/mol. The molecule has 24 heavy (non-hydrogen) atoms. The molecule has 0 aliphatic heterocycles. The molecule has 0 aromatic heterocycles. The largest absolute Gasteiger partial charge is 0.403 e. The zero-order valence-electron chi connectivity index (χ0n) is 13.3. The molecule has 5 nitrogen and oxygen atoms in total. The molecule has 1 N–H and O–H groups in total. The van der Waals surface area contributed by atoms with Gasteiger partial charge < -0.3 is 10.2 Å². The Bertz CT molecular complexity index is 634. The highest BCUT2D eigenvalue weighted by Crippen LogP contribution is 2.22. The molecule has 1 aromatic carbocycles. The third kappa shape index (κ3) is 7.50. The van der Waals surface area contributed by atoms with Gasteiger partial charge in [-0.2, -0.15) is 13.2 Å². The van der Waals surface area contributed by atoms with Gasteiger partial charge in [0, 0.05) is 20.1 Å². The standard InChI is InChI=1S/C14H19F3N2O3S.ClH/c1-18-7-8-19(2)13(20)9-11-3-5-12(6-4-11)23(21,22)10-14(15,16)17;/h3-6,18H,7-10H2,1-2H3;1H. The van der Waals surface area contributed by atoms with Crippen molar-refractivity contribution in [2.24, 2.45) is 0 Å². The fraction of sp³-hybridized carbons (Fsp3) is 0.500. The first kappa shape index (κ1) is 22.7. The highest BCUT2D eigenvalue weighted by Gasteiger charge is 2.35. The van der Waals surface area contributed by atoms with Crippen LogP contribution < -0.4 is 5.32 Å². The van der Waals surface area contributed by atoms with Crippen molar-refractivity contribution < 1.29 is 26.4 Å². The van der Waals surface area contributed by atoms with Gasteiger partial charge in [0.2, 0.25) is 5.91 Å². The molecule has 0 fully saturated rings. The number of nitrogens with zero attached hydrogens (tertiary/aromatic N) is 1. The Labute approximate surface area is 145 Å². The predicted molar refractivity (Wildman–Crippen MR) is 87.1 cm³/mol. The highest BCUT2D eigenvalue weighted by atomic mass is 35.5. The summed E-state index contributed by atoms with van der Waals surface area (Å²) in [5, 5.41) is 2.91. The SMILES string of the molecule is CNCCN(C)C(=O)Cc1ccc(S(=O)(=O)CC(F)(F)F)cc1.Cl. The van der Waals surface area contributed by atoms with Crippen LogP contribution in [0.3, 0.4) is 0 Å². The Kier molecular flexibility index (Phi) is 8.73. The average Bonchev–Trinajstić information content (AvgIpc) is 2.42. The molecule has 0 radical (unpaired) electrons. The monoisotopic (exact) mass is 388 g/mol. The zero-order valence-corrected chi connectivity index (χ0v) is 14.9. The van der Waals surface area contributed by atoms with Gasteiger partial charge >= 0.3 is 6.18 Å². The first-order valence-electron chi connectivity index (χ1n) is 6.82. The maximum Gasteiger partial charge on any atom is 0.403 e. The number of hydrogen-bond acceptors (Lipinski definition) is 4. The number of alkyl halides is 3. The Morgan fingerprint density at radius 1 is 1.21 bits per heavy atom. The van der Waals surface area contributed by atoms with Gasteiger partial charge in [-0.1, -0.05) is 12.1 Å². The number of hydrogen-bond donors (Lipinski definition) is 1. The Hall–Kier alpha value is -1.32. The molecule has 138 valence electrons. The van der Waals surface area contributed by atoms with Crippen molar-refractivity contribution in [1.29, 1.82) is 0 Å². The quantitative estimate of drug-likeness (QED) is 0.771. The van der Waals surface area contributed by atoms with Gasteiger partial charge in [0.1, 0.15) is 0 Å². The molecule has 0 atom stereocenters. The van der Waals surface area contributed by atoms with Crippen LogP contribution in [-0.2, 0) is 21.1 Å². The normalized spacial score (nSPS) is 11.7. The first-order chi connectivity index (χ1) is 10.5. The van der Waals surface area contributed by atoms with E-state index in [9.17, 15) is 26.4 Å². The molecule has 0 bridgehead atoms. The molecule has 0 aliphatic carbocycles. The second kappa shape index (κ2) is 9.24. The fourth-order valence-corrected chi connectivity index (χ4v) is 2.98. The van der Waals surface area contributed by atoms with Crippen molar-refractivity contribution in [1.82, 2.24) is 10.2 Å². The topological polar surface area (TPSA) is 66.5 Å². The van der Waals surface area contributed by atoms with E-state index in [2.05, 4.69) is 5.32 Å². The van der Waals surface area contributed by atoms with Gasteiger partial charge in [0.25, 0.3) is 0 Å². The maximum absolute atomic E-state index is 12.2. The number of amides is 1. The molecule has 0 saturated heterocycles. The van der Waals surface area contributed by atoms with Crippen LogP contribution in [0.4, 0.5) is 13.2 Å². The maximum atomic E-state index is 12.2. The second-order valence-electron chi connectivity index (χ2n) is 5.11. The average molecular weight is 389 g/mol. The van der Waals surface area contributed by atoms with E-state index in [0.717, 1.165) is 12.1 Å². The van der Waals surface area contributed by atoms with E-state index in [0.29, 0.717) is 18.7 Å². The molecule has 10 heteroatoms. The van der Waals surface area contributed by atoms with E-state index in [-0.39, 0.29) is 24.7 Å². The van der Waals surface area contributed by atoms with Crippen molar-refractivity contribution in [3.63, 3.8) is 0 Å². The third-order valence-corrected chi connectivity index (χ3v) is 4.81. The summed E-state index contributed by atoms with van der Waals surface area (Å²) in [6.45, 7) is 1.16. The van der Waals surface area contributed by atoms with Gasteiger partial charge in [-0.25, -0.2) is 8.42 Å². The molecule has 0 spiro atoms. The summed E-state index contributed by atoms with van der Waals surface area (Å²) in [4.78, 5) is 13.0. The summed E-state index contributed by atoms with van der Waals surface area (Å²) in [7, 11) is -1.02. The highest BCUT2D eigenvalue weighted by molar-refractivity contribution is 7.91. The zero-order chi connectivity index (χ0) is 17.7. The van der Waals surface area contributed by atoms with Gasteiger partial charge in [0.05, 0.1) is 11.3 Å². The van der Waals surface area contributed by atoms with E-state index < -0.39 is 26.7 Å². The Morgan fingerprint density at radius 2 is 1.75 bits per heavy atom. The number of likely N-dealkylation sites (N-methyl/N-ethyl adjacent to an activating group) is 2. The molecule has 1 amide bonds. The van der Waals surface area contributed by atoms with Crippen molar-refractivity contribution in [3.05, 3.63) is 29.8 Å². The van der Waals surface area contributed by atoms with E-state index in [4.69, 9.17) is 0 Å². The number of nitrogens with one attached hydrogen (secondary N) is 1. The lowest BCUT2D eigenvalue weighted by Gasteiger charge is -2.17. The molecule has 0 saturated carbocycles. The lowest BCUT2D eigenvalue weighted by Crippen LogP contribution is -2.33. The number of benzene rings is 1. The van der Waals surface area contributed by atoms with Gasteiger partial charge in [-0.3, -0.25) is 4.79 Å². The van der Waals surface area contributed by atoms with Crippen molar-refractivity contribution >= 4 is 28.2 Å². The smallest absolute Gasteiger partial charge is 0.344 e. The van der Waals surface area contributed by atoms with E-state index in [1.807, 2.05) is 0 Å². The van der Waals surface area contributed by atoms with Crippen molar-refractivity contribution in [3.8, 4) is 0 Å². The minimum atomic E-state index is -4.79. The minimum Gasteiger partial charge on any atom is -0.344 e. The molecule has 1 aromatic rings. The minimum absolute atomic E-state index is 0. The first-order valence-corrected chi connectivity index (χ1v) is 8.47. The molecule has 0 unspecified atom stereocenters. The number of halogens is 4. The van der Waals surface area contributed by atoms with E-state index >= 15 is 0 Å². The van der Waals surface area contributed by atoms with Gasteiger partial charge in [0.15, 0.2) is 15.6 Å². The molecular formula is C14H20ClF3N2O3S. The third-order valence-electron chi connectivity index (χ3n) is 3.11. The predicted octanol–water partition coefficient (Wildman–Crippen LogP) is 1.66. The van der Waals surface area contributed by atoms with Crippen LogP contribution in [0, 0.1) is 0 Å². The van der Waals surface area contributed by atoms with E-state index in [1.54, 1.807) is 14.1 Å². The summed E-state index contributed by atoms with van der Waals surface area (Å²) in [6.07, 6.45) is -4.73. The van der Waals surface area contributed by atoms with Crippen LogP contribution in [-0.4, -0.2) is 58.3 Å². The van der Waals surface area contributed by atoms with Crippen LogP contribution in [0.2, 0.25) is 0 Å². The van der Waals surface area contributed by atoms with Crippen LogP contribution in [0.5, 0.6) is 0 Å². The van der Waals surface area contributed by atoms with Crippen LogP contribution in [0.1, 0.15) is 5.56 Å². The molecule has 0 aliphatic rings. The number of sulfone groups is 1. The van der Waals surface area contributed by atoms with Gasteiger partial charge in [-0.15, -0.1) is 12.4 Å². The van der Waals surface area contributed by atoms with E-state index in [1.165, 1.54) is 17.0 Å². The van der Waals surface area contributed by atoms with Crippen LogP contribution in [0.15, 0.2) is 29.2 Å². The number of carbonyl (C=O) groups is 1. The Morgan fingerprint density at radius 3 is 2.21 bits per heavy atom. The van der Waals surface area contributed by atoms with Crippen LogP contribution >= 0.6 is 12.4 Å².